The van der Waals surface area contributed by atoms with Crippen molar-refractivity contribution in [1.29, 1.82) is 0 Å². The molecule has 2 unspecified atom stereocenters. The topological polar surface area (TPSA) is 44.5 Å². The molecule has 0 bridgehead atoms. The molecule has 0 spiro atoms. The van der Waals surface area contributed by atoms with Gasteiger partial charge in [-0.1, -0.05) is 25.7 Å². The highest BCUT2D eigenvalue weighted by molar-refractivity contribution is 4.74. The highest BCUT2D eigenvalue weighted by atomic mass is 16.5. The van der Waals surface area contributed by atoms with Crippen molar-refractivity contribution in [2.75, 3.05) is 13.2 Å². The fourth-order valence-corrected chi connectivity index (χ4v) is 2.73. The van der Waals surface area contributed by atoms with E-state index in [9.17, 15) is 0 Å². The molecule has 2 aliphatic rings. The van der Waals surface area contributed by atoms with Gasteiger partial charge in [0, 0.05) is 6.54 Å². The van der Waals surface area contributed by atoms with Gasteiger partial charge in [0.2, 0.25) is 0 Å². The van der Waals surface area contributed by atoms with Gasteiger partial charge in [0.05, 0.1) is 24.9 Å². The lowest BCUT2D eigenvalue weighted by Gasteiger charge is -2.18. The second-order valence-corrected chi connectivity index (χ2v) is 5.14. The van der Waals surface area contributed by atoms with E-state index in [2.05, 4.69) is 0 Å². The zero-order chi connectivity index (χ0) is 11.2. The Morgan fingerprint density at radius 2 is 1.62 bits per heavy atom. The maximum absolute atomic E-state index is 5.97. The lowest BCUT2D eigenvalue weighted by atomic mass is 10.1. The predicted molar refractivity (Wildman–Crippen MR) is 64.4 cm³/mol. The largest absolute Gasteiger partial charge is 0.376 e. The van der Waals surface area contributed by atoms with Crippen molar-refractivity contribution in [3.8, 4) is 0 Å². The van der Waals surface area contributed by atoms with Crippen LogP contribution in [0.3, 0.4) is 0 Å². The van der Waals surface area contributed by atoms with E-state index in [4.69, 9.17) is 15.2 Å². The van der Waals surface area contributed by atoms with Gasteiger partial charge in [0.1, 0.15) is 0 Å². The summed E-state index contributed by atoms with van der Waals surface area (Å²) in [4.78, 5) is 0. The van der Waals surface area contributed by atoms with Gasteiger partial charge in [-0.05, 0) is 25.7 Å². The average Bonchev–Trinajstić information content (AvgIpc) is 2.61. The molecule has 0 amide bonds. The third-order valence-corrected chi connectivity index (χ3v) is 3.78. The Bertz CT molecular complexity index is 190. The molecule has 0 aromatic rings. The normalized spacial score (nSPS) is 32.8. The van der Waals surface area contributed by atoms with Gasteiger partial charge < -0.3 is 15.2 Å². The zero-order valence-electron chi connectivity index (χ0n) is 10.2. The Kier molecular flexibility index (Phi) is 5.07. The number of hydrogen-bond donors (Lipinski definition) is 1. The quantitative estimate of drug-likeness (QED) is 0.749. The van der Waals surface area contributed by atoms with Crippen LogP contribution in [0.15, 0.2) is 0 Å². The molecule has 3 nitrogen and oxygen atoms in total. The van der Waals surface area contributed by atoms with E-state index in [1.165, 1.54) is 38.5 Å². The van der Waals surface area contributed by atoms with Crippen molar-refractivity contribution >= 4 is 0 Å². The number of nitrogens with two attached hydrogens (primary N) is 1. The van der Waals surface area contributed by atoms with Gasteiger partial charge in [-0.15, -0.1) is 0 Å². The Morgan fingerprint density at radius 3 is 2.25 bits per heavy atom. The Hall–Kier alpha value is -0.120. The van der Waals surface area contributed by atoms with Crippen molar-refractivity contribution < 1.29 is 9.47 Å². The summed E-state index contributed by atoms with van der Waals surface area (Å²) in [5, 5.41) is 0. The van der Waals surface area contributed by atoms with Gasteiger partial charge in [0.15, 0.2) is 0 Å². The van der Waals surface area contributed by atoms with E-state index >= 15 is 0 Å². The van der Waals surface area contributed by atoms with E-state index in [1.807, 2.05) is 0 Å². The molecular formula is C13H25NO2. The van der Waals surface area contributed by atoms with Crippen LogP contribution in [0.2, 0.25) is 0 Å². The van der Waals surface area contributed by atoms with Crippen molar-refractivity contribution in [1.82, 2.24) is 0 Å². The number of hydrogen-bond acceptors (Lipinski definition) is 3. The summed E-state index contributed by atoms with van der Waals surface area (Å²) in [6.45, 7) is 1.43. The predicted octanol–water partition coefficient (Wildman–Crippen LogP) is 2.23. The maximum atomic E-state index is 5.97. The molecular weight excluding hydrogens is 202 g/mol. The molecule has 0 aromatic heterocycles. The molecule has 1 saturated heterocycles. The van der Waals surface area contributed by atoms with Crippen LogP contribution in [-0.2, 0) is 9.47 Å². The molecule has 1 aliphatic carbocycles. The second-order valence-electron chi connectivity index (χ2n) is 5.14. The lowest BCUT2D eigenvalue weighted by Crippen LogP contribution is -2.25. The van der Waals surface area contributed by atoms with Gasteiger partial charge >= 0.3 is 0 Å². The fourth-order valence-electron chi connectivity index (χ4n) is 2.73. The van der Waals surface area contributed by atoms with Gasteiger partial charge in [0.25, 0.3) is 0 Å². The first-order valence-electron chi connectivity index (χ1n) is 6.85. The highest BCUT2D eigenvalue weighted by Gasteiger charge is 2.25. The molecule has 3 heteroatoms. The van der Waals surface area contributed by atoms with Crippen LogP contribution < -0.4 is 5.73 Å². The summed E-state index contributed by atoms with van der Waals surface area (Å²) in [5.41, 5.74) is 5.59. The molecule has 0 aromatic carbocycles. The van der Waals surface area contributed by atoms with Crippen molar-refractivity contribution in [3.63, 3.8) is 0 Å². The van der Waals surface area contributed by atoms with E-state index in [1.54, 1.807) is 0 Å². The summed E-state index contributed by atoms with van der Waals surface area (Å²) in [6, 6.07) is 0. The summed E-state index contributed by atoms with van der Waals surface area (Å²) in [7, 11) is 0. The van der Waals surface area contributed by atoms with E-state index in [0.717, 1.165) is 19.4 Å². The van der Waals surface area contributed by atoms with Crippen molar-refractivity contribution in [3.05, 3.63) is 0 Å². The Morgan fingerprint density at radius 1 is 0.938 bits per heavy atom. The molecule has 1 saturated carbocycles. The van der Waals surface area contributed by atoms with Crippen LogP contribution in [0, 0.1) is 0 Å². The molecule has 1 aliphatic heterocycles. The summed E-state index contributed by atoms with van der Waals surface area (Å²) >= 11 is 0. The van der Waals surface area contributed by atoms with Crippen LogP contribution in [0.4, 0.5) is 0 Å². The standard InChI is InChI=1S/C13H25NO2/c14-9-12-7-8-13(16-12)10-15-11-5-3-1-2-4-6-11/h11-13H,1-10,14H2. The molecule has 2 rings (SSSR count). The molecule has 2 N–H and O–H groups in total. The van der Waals surface area contributed by atoms with Crippen LogP contribution in [0.25, 0.3) is 0 Å². The van der Waals surface area contributed by atoms with Crippen molar-refractivity contribution in [2.45, 2.75) is 69.7 Å². The second kappa shape index (κ2) is 6.58. The molecule has 0 radical (unpaired) electrons. The zero-order valence-corrected chi connectivity index (χ0v) is 10.2. The summed E-state index contributed by atoms with van der Waals surface area (Å²) in [5.74, 6) is 0. The molecule has 94 valence electrons. The SMILES string of the molecule is NCC1CCC(COC2CCCCCC2)O1. The molecule has 2 fully saturated rings. The van der Waals surface area contributed by atoms with Gasteiger partial charge in [-0.3, -0.25) is 0 Å². The minimum absolute atomic E-state index is 0.280. The Balaban J connectivity index is 1.63. The van der Waals surface area contributed by atoms with E-state index < -0.39 is 0 Å². The van der Waals surface area contributed by atoms with Gasteiger partial charge in [-0.2, -0.15) is 0 Å². The van der Waals surface area contributed by atoms with Crippen LogP contribution in [-0.4, -0.2) is 31.5 Å². The van der Waals surface area contributed by atoms with Crippen LogP contribution >= 0.6 is 0 Å². The third-order valence-electron chi connectivity index (χ3n) is 3.78. The third kappa shape index (κ3) is 3.72. The molecule has 2 atom stereocenters. The van der Waals surface area contributed by atoms with Crippen LogP contribution in [0.1, 0.15) is 51.4 Å². The summed E-state index contributed by atoms with van der Waals surface area (Å²) in [6.07, 6.45) is 11.2. The minimum Gasteiger partial charge on any atom is -0.376 e. The van der Waals surface area contributed by atoms with Gasteiger partial charge in [-0.25, -0.2) is 0 Å². The van der Waals surface area contributed by atoms with Crippen LogP contribution in [0.5, 0.6) is 0 Å². The highest BCUT2D eigenvalue weighted by Crippen LogP contribution is 2.23. The van der Waals surface area contributed by atoms with Crippen molar-refractivity contribution in [2.24, 2.45) is 5.73 Å². The maximum Gasteiger partial charge on any atom is 0.0814 e. The van der Waals surface area contributed by atoms with E-state index in [0.29, 0.717) is 18.8 Å². The first-order chi connectivity index (χ1) is 7.88. The van der Waals surface area contributed by atoms with E-state index in [-0.39, 0.29) is 6.10 Å². The smallest absolute Gasteiger partial charge is 0.0814 e. The number of rotatable bonds is 4. The Labute approximate surface area is 98.7 Å². The molecule has 1 heterocycles. The molecule has 16 heavy (non-hydrogen) atoms. The first-order valence-corrected chi connectivity index (χ1v) is 6.85. The average molecular weight is 227 g/mol. The minimum atomic E-state index is 0.280. The lowest BCUT2D eigenvalue weighted by molar-refractivity contribution is -0.0429. The fraction of sp³-hybridized carbons (Fsp3) is 1.00. The number of ether oxygens (including phenoxy) is 2. The monoisotopic (exact) mass is 227 g/mol. The summed E-state index contributed by atoms with van der Waals surface area (Å²) < 4.78 is 11.8. The first kappa shape index (κ1) is 12.3.